The van der Waals surface area contributed by atoms with E-state index in [9.17, 15) is 4.79 Å². The van der Waals surface area contributed by atoms with Crippen LogP contribution < -0.4 is 5.56 Å². The minimum absolute atomic E-state index is 0.282. The van der Waals surface area contributed by atoms with Crippen molar-refractivity contribution < 1.29 is 0 Å². The van der Waals surface area contributed by atoms with Gasteiger partial charge in [-0.2, -0.15) is 0 Å². The molecule has 2 N–H and O–H groups in total. The fourth-order valence-corrected chi connectivity index (χ4v) is 1.54. The highest BCUT2D eigenvalue weighted by Gasteiger charge is 2.05. The van der Waals surface area contributed by atoms with Gasteiger partial charge in [-0.1, -0.05) is 17.7 Å². The highest BCUT2D eigenvalue weighted by molar-refractivity contribution is 6.31. The molecule has 0 saturated carbocycles. The van der Waals surface area contributed by atoms with E-state index in [4.69, 9.17) is 11.6 Å². The van der Waals surface area contributed by atoms with Crippen molar-refractivity contribution in [3.8, 4) is 0 Å². The number of aromatic amines is 2. The standard InChI is InChI=1S/C11H11ClN4O/c1-6-8(12)4-3-5-9(6)14-15-10-7(2)13-16-11(10)17/h3-5H,1-2H3,(H2,13,16,17). The van der Waals surface area contributed by atoms with E-state index in [0.29, 0.717) is 16.4 Å². The zero-order valence-electron chi connectivity index (χ0n) is 9.41. The minimum atomic E-state index is -0.286. The van der Waals surface area contributed by atoms with Gasteiger partial charge in [-0.15, -0.1) is 10.2 Å². The molecule has 0 amide bonds. The monoisotopic (exact) mass is 250 g/mol. The number of azo groups is 1. The smallest absolute Gasteiger partial charge is 0.291 e. The molecule has 1 aromatic heterocycles. The van der Waals surface area contributed by atoms with Crippen molar-refractivity contribution in [1.82, 2.24) is 10.2 Å². The van der Waals surface area contributed by atoms with Crippen LogP contribution in [0.2, 0.25) is 5.02 Å². The molecule has 0 atom stereocenters. The number of aryl methyl sites for hydroxylation is 1. The second kappa shape index (κ2) is 4.55. The van der Waals surface area contributed by atoms with Crippen molar-refractivity contribution in [2.45, 2.75) is 13.8 Å². The van der Waals surface area contributed by atoms with Gasteiger partial charge in [0, 0.05) is 5.02 Å². The molecule has 1 heterocycles. The van der Waals surface area contributed by atoms with E-state index in [0.717, 1.165) is 5.56 Å². The van der Waals surface area contributed by atoms with E-state index in [1.165, 1.54) is 0 Å². The predicted octanol–water partition coefficient (Wildman–Crippen LogP) is 3.39. The first-order chi connectivity index (χ1) is 8.09. The molecule has 0 aliphatic heterocycles. The van der Waals surface area contributed by atoms with Gasteiger partial charge >= 0.3 is 0 Å². The first kappa shape index (κ1) is 11.6. The van der Waals surface area contributed by atoms with E-state index in [1.54, 1.807) is 25.1 Å². The number of halogens is 1. The predicted molar refractivity (Wildman–Crippen MR) is 66.5 cm³/mol. The average Bonchev–Trinajstić information content (AvgIpc) is 2.62. The molecule has 0 aliphatic carbocycles. The summed E-state index contributed by atoms with van der Waals surface area (Å²) < 4.78 is 0. The first-order valence-electron chi connectivity index (χ1n) is 5.03. The lowest BCUT2D eigenvalue weighted by Crippen LogP contribution is -1.96. The SMILES string of the molecule is Cc1[nH][nH]c(=O)c1N=Nc1cccc(Cl)c1C. The number of hydrogen-bond acceptors (Lipinski definition) is 3. The highest BCUT2D eigenvalue weighted by atomic mass is 35.5. The zero-order chi connectivity index (χ0) is 12.4. The van der Waals surface area contributed by atoms with E-state index in [-0.39, 0.29) is 11.2 Å². The Bertz CT molecular complexity index is 627. The van der Waals surface area contributed by atoms with Gasteiger partial charge < -0.3 is 5.10 Å². The molecule has 0 saturated heterocycles. The second-order valence-electron chi connectivity index (χ2n) is 3.64. The van der Waals surface area contributed by atoms with Gasteiger partial charge in [-0.3, -0.25) is 9.89 Å². The quantitative estimate of drug-likeness (QED) is 0.788. The average molecular weight is 251 g/mol. The largest absolute Gasteiger partial charge is 0.300 e. The number of hydrogen-bond donors (Lipinski definition) is 2. The van der Waals surface area contributed by atoms with Gasteiger partial charge in [0.1, 0.15) is 0 Å². The third kappa shape index (κ3) is 2.29. The Labute approximate surface area is 103 Å². The molecule has 0 spiro atoms. The lowest BCUT2D eigenvalue weighted by molar-refractivity contribution is 1.02. The lowest BCUT2D eigenvalue weighted by Gasteiger charge is -1.99. The van der Waals surface area contributed by atoms with E-state index in [1.807, 2.05) is 6.92 Å². The Balaban J connectivity index is 2.39. The Hall–Kier alpha value is -1.88. The number of nitrogens with one attached hydrogen (secondary N) is 2. The van der Waals surface area contributed by atoms with Crippen LogP contribution in [0.25, 0.3) is 0 Å². The molecular formula is C11H11ClN4O. The molecule has 88 valence electrons. The summed E-state index contributed by atoms with van der Waals surface area (Å²) in [5.74, 6) is 0. The molecule has 0 fully saturated rings. The van der Waals surface area contributed by atoms with Crippen LogP contribution in [0.4, 0.5) is 11.4 Å². The first-order valence-corrected chi connectivity index (χ1v) is 5.41. The summed E-state index contributed by atoms with van der Waals surface area (Å²) in [7, 11) is 0. The number of nitrogens with zero attached hydrogens (tertiary/aromatic N) is 2. The van der Waals surface area contributed by atoms with E-state index < -0.39 is 0 Å². The van der Waals surface area contributed by atoms with Gasteiger partial charge in [0.2, 0.25) is 0 Å². The number of rotatable bonds is 2. The topological polar surface area (TPSA) is 73.4 Å². The third-order valence-corrected chi connectivity index (χ3v) is 2.84. The van der Waals surface area contributed by atoms with Gasteiger partial charge in [-0.05, 0) is 31.5 Å². The molecule has 0 aliphatic rings. The maximum Gasteiger partial charge on any atom is 0.291 e. The van der Waals surface area contributed by atoms with Crippen LogP contribution in [-0.4, -0.2) is 10.2 Å². The van der Waals surface area contributed by atoms with Crippen LogP contribution in [0.3, 0.4) is 0 Å². The lowest BCUT2D eigenvalue weighted by atomic mass is 10.2. The Morgan fingerprint density at radius 3 is 2.59 bits per heavy atom. The maximum absolute atomic E-state index is 11.3. The minimum Gasteiger partial charge on any atom is -0.300 e. The Morgan fingerprint density at radius 2 is 1.94 bits per heavy atom. The summed E-state index contributed by atoms with van der Waals surface area (Å²) in [5, 5.41) is 13.7. The van der Waals surface area contributed by atoms with Crippen molar-refractivity contribution in [1.29, 1.82) is 0 Å². The van der Waals surface area contributed by atoms with Crippen molar-refractivity contribution >= 4 is 23.0 Å². The third-order valence-electron chi connectivity index (χ3n) is 2.43. The zero-order valence-corrected chi connectivity index (χ0v) is 10.2. The molecule has 17 heavy (non-hydrogen) atoms. The summed E-state index contributed by atoms with van der Waals surface area (Å²) in [6.45, 7) is 3.60. The van der Waals surface area contributed by atoms with Gasteiger partial charge in [0.15, 0.2) is 5.69 Å². The van der Waals surface area contributed by atoms with Crippen molar-refractivity contribution in [3.05, 3.63) is 44.8 Å². The van der Waals surface area contributed by atoms with Gasteiger partial charge in [-0.25, -0.2) is 0 Å². The fourth-order valence-electron chi connectivity index (χ4n) is 1.37. The molecular weight excluding hydrogens is 240 g/mol. The second-order valence-corrected chi connectivity index (χ2v) is 4.04. The summed E-state index contributed by atoms with van der Waals surface area (Å²) in [6.07, 6.45) is 0. The maximum atomic E-state index is 11.3. The molecule has 6 heteroatoms. The summed E-state index contributed by atoms with van der Waals surface area (Å²) >= 11 is 5.96. The number of aromatic nitrogens is 2. The Morgan fingerprint density at radius 1 is 1.18 bits per heavy atom. The summed E-state index contributed by atoms with van der Waals surface area (Å²) in [4.78, 5) is 11.3. The van der Waals surface area contributed by atoms with E-state index >= 15 is 0 Å². The summed E-state index contributed by atoms with van der Waals surface area (Å²) in [6, 6.07) is 5.36. The molecule has 5 nitrogen and oxygen atoms in total. The van der Waals surface area contributed by atoms with Crippen LogP contribution in [-0.2, 0) is 0 Å². The van der Waals surface area contributed by atoms with Crippen LogP contribution in [0.5, 0.6) is 0 Å². The van der Waals surface area contributed by atoms with Crippen LogP contribution in [0.15, 0.2) is 33.2 Å². The van der Waals surface area contributed by atoms with Crippen molar-refractivity contribution in [2.24, 2.45) is 10.2 Å². The molecule has 0 unspecified atom stereocenters. The number of benzene rings is 1. The van der Waals surface area contributed by atoms with Gasteiger partial charge in [0.05, 0.1) is 11.4 Å². The molecule has 2 rings (SSSR count). The molecule has 0 radical (unpaired) electrons. The van der Waals surface area contributed by atoms with Gasteiger partial charge in [0.25, 0.3) is 5.56 Å². The van der Waals surface area contributed by atoms with Crippen molar-refractivity contribution in [3.63, 3.8) is 0 Å². The highest BCUT2D eigenvalue weighted by Crippen LogP contribution is 2.26. The fraction of sp³-hybridized carbons (Fsp3) is 0.182. The normalized spacial score (nSPS) is 11.2. The van der Waals surface area contributed by atoms with E-state index in [2.05, 4.69) is 20.4 Å². The number of H-pyrrole nitrogens is 2. The molecule has 2 aromatic rings. The molecule has 0 bridgehead atoms. The van der Waals surface area contributed by atoms with Crippen LogP contribution >= 0.6 is 11.6 Å². The summed E-state index contributed by atoms with van der Waals surface area (Å²) in [5.41, 5.74) is 2.13. The van der Waals surface area contributed by atoms with Crippen molar-refractivity contribution in [2.75, 3.05) is 0 Å². The van der Waals surface area contributed by atoms with Crippen LogP contribution in [0, 0.1) is 13.8 Å². The van der Waals surface area contributed by atoms with Crippen LogP contribution in [0.1, 0.15) is 11.3 Å². The Kier molecular flexibility index (Phi) is 3.10. The molecule has 1 aromatic carbocycles.